The van der Waals surface area contributed by atoms with Gasteiger partial charge >= 0.3 is 0 Å². The predicted octanol–water partition coefficient (Wildman–Crippen LogP) is 1.35. The van der Waals surface area contributed by atoms with Crippen molar-refractivity contribution in [2.45, 2.75) is 56.7 Å². The highest BCUT2D eigenvalue weighted by atomic mass is 19.1. The highest BCUT2D eigenvalue weighted by Crippen LogP contribution is 2.58. The third-order valence-electron chi connectivity index (χ3n) is 9.25. The van der Waals surface area contributed by atoms with Crippen molar-refractivity contribution in [2.75, 3.05) is 33.0 Å². The normalized spacial score (nSPS) is 32.2. The summed E-state index contributed by atoms with van der Waals surface area (Å²) in [5.74, 6) is -5.65. The van der Waals surface area contributed by atoms with E-state index < -0.39 is 70.4 Å². The molecule has 5 atom stereocenters. The summed E-state index contributed by atoms with van der Waals surface area (Å²) in [6, 6.07) is -0.406. The van der Waals surface area contributed by atoms with E-state index in [0.717, 1.165) is 19.0 Å². The number of nitrogens with one attached hydrogen (secondary N) is 1. The number of rotatable bonds is 4. The molecular formula is C28H35FN4O7. The Bertz CT molecular complexity index is 1410. The minimum Gasteiger partial charge on any atom is -0.510 e. The van der Waals surface area contributed by atoms with Crippen LogP contribution in [-0.4, -0.2) is 93.2 Å². The van der Waals surface area contributed by atoms with Crippen LogP contribution in [0.3, 0.4) is 0 Å². The first kappa shape index (κ1) is 28.1. The number of fused-ring (bicyclic) bond motifs is 3. The second kappa shape index (κ2) is 9.28. The number of Topliss-reactive ketones (excluding diaryl/α,β-unsaturated/α-hetero) is 1. The van der Waals surface area contributed by atoms with Gasteiger partial charge in [-0.05, 0) is 53.4 Å². The molecule has 4 aliphatic rings. The third kappa shape index (κ3) is 3.92. The van der Waals surface area contributed by atoms with Gasteiger partial charge < -0.3 is 31.5 Å². The smallest absolute Gasteiger partial charge is 0.248 e. The number of likely N-dealkylation sites (N-methyl/N-ethyl adjacent to an activating group) is 2. The molecule has 0 unspecified atom stereocenters. The fourth-order valence-electron chi connectivity index (χ4n) is 7.28. The van der Waals surface area contributed by atoms with Gasteiger partial charge in [0.15, 0.2) is 11.5 Å². The van der Waals surface area contributed by atoms with Crippen molar-refractivity contribution in [2.24, 2.45) is 17.1 Å². The van der Waals surface area contributed by atoms with Crippen LogP contribution in [0.2, 0.25) is 0 Å². The van der Waals surface area contributed by atoms with Crippen LogP contribution >= 0.6 is 0 Å². The zero-order valence-electron chi connectivity index (χ0n) is 22.9. The first-order chi connectivity index (χ1) is 18.6. The zero-order chi connectivity index (χ0) is 29.5. The summed E-state index contributed by atoms with van der Waals surface area (Å²) in [4.78, 5) is 42.5. The van der Waals surface area contributed by atoms with Crippen molar-refractivity contribution in [3.05, 3.63) is 39.9 Å². The van der Waals surface area contributed by atoms with Crippen LogP contribution in [0.25, 0.3) is 5.76 Å². The third-order valence-corrected chi connectivity index (χ3v) is 9.25. The number of hydrogen-bond donors (Lipinski definition) is 6. The monoisotopic (exact) mass is 558 g/mol. The molecule has 12 heteroatoms. The standard InChI is InChI=1S/C28H35FN4O7/c1-27-9-12-15(29)8-16(31-26(39)17-6-5-7-33(17)4)22(35)18(12)23(36)19(27)24(37)28(40)10-13(25(30)38)21(34)20(32(2)3)14(28)11-27/h8,14,17,20,34-36,40H,5-7,9-11H2,1-4H3,(H2,30,38)(H,31,39)/t14-,17-,20-,27-,28-/m0/s1. The highest BCUT2D eigenvalue weighted by Gasteiger charge is 2.63. The average molecular weight is 559 g/mol. The number of nitrogens with zero attached hydrogens (tertiary/aromatic N) is 2. The summed E-state index contributed by atoms with van der Waals surface area (Å²) < 4.78 is 15.6. The van der Waals surface area contributed by atoms with Gasteiger partial charge in [0, 0.05) is 35.0 Å². The molecule has 1 heterocycles. The molecular weight excluding hydrogens is 523 g/mol. The van der Waals surface area contributed by atoms with Gasteiger partial charge in [-0.3, -0.25) is 24.2 Å². The van der Waals surface area contributed by atoms with Crippen LogP contribution in [0.1, 0.15) is 43.7 Å². The van der Waals surface area contributed by atoms with Gasteiger partial charge in [-0.15, -0.1) is 0 Å². The van der Waals surface area contributed by atoms with Crippen molar-refractivity contribution in [1.29, 1.82) is 0 Å². The number of benzene rings is 1. The molecule has 5 rings (SSSR count). The van der Waals surface area contributed by atoms with E-state index in [2.05, 4.69) is 5.32 Å². The van der Waals surface area contributed by atoms with Crippen molar-refractivity contribution in [3.63, 3.8) is 0 Å². The fraction of sp³-hybridized carbons (Fsp3) is 0.536. The number of hydrogen-bond acceptors (Lipinski definition) is 9. The number of aliphatic hydroxyl groups is 3. The van der Waals surface area contributed by atoms with E-state index in [1.54, 1.807) is 33.0 Å². The second-order valence-corrected chi connectivity index (χ2v) is 12.1. The fourth-order valence-corrected chi connectivity index (χ4v) is 7.28. The summed E-state index contributed by atoms with van der Waals surface area (Å²) in [6.45, 7) is 2.37. The van der Waals surface area contributed by atoms with Gasteiger partial charge in [-0.25, -0.2) is 4.39 Å². The minimum atomic E-state index is -2.21. The first-order valence-corrected chi connectivity index (χ1v) is 13.3. The average Bonchev–Trinajstić information content (AvgIpc) is 3.29. The number of primary amides is 1. The molecule has 1 aromatic carbocycles. The van der Waals surface area contributed by atoms with Gasteiger partial charge in [-0.2, -0.15) is 0 Å². The predicted molar refractivity (Wildman–Crippen MR) is 143 cm³/mol. The van der Waals surface area contributed by atoms with Gasteiger partial charge in [0.1, 0.15) is 22.9 Å². The molecule has 7 N–H and O–H groups in total. The van der Waals surface area contributed by atoms with Crippen molar-refractivity contribution < 1.29 is 39.2 Å². The number of aromatic hydroxyl groups is 1. The lowest BCUT2D eigenvalue weighted by molar-refractivity contribution is -0.154. The van der Waals surface area contributed by atoms with Crippen LogP contribution in [0.15, 0.2) is 23.0 Å². The van der Waals surface area contributed by atoms with Gasteiger partial charge in [0.25, 0.3) is 0 Å². The van der Waals surface area contributed by atoms with Crippen molar-refractivity contribution >= 4 is 29.0 Å². The molecule has 2 fully saturated rings. The van der Waals surface area contributed by atoms with Crippen molar-refractivity contribution in [1.82, 2.24) is 9.80 Å². The maximum Gasteiger partial charge on any atom is 0.248 e. The Balaban J connectivity index is 1.62. The molecule has 40 heavy (non-hydrogen) atoms. The summed E-state index contributed by atoms with van der Waals surface area (Å²) >= 11 is 0. The number of nitrogens with two attached hydrogens (primary N) is 1. The molecule has 1 aromatic rings. The molecule has 0 aromatic heterocycles. The Kier molecular flexibility index (Phi) is 6.51. The number of carbonyl (C=O) groups is 3. The zero-order valence-corrected chi connectivity index (χ0v) is 22.9. The Morgan fingerprint density at radius 3 is 2.48 bits per heavy atom. The van der Waals surface area contributed by atoms with E-state index in [1.807, 2.05) is 4.90 Å². The van der Waals surface area contributed by atoms with Gasteiger partial charge in [0.05, 0.1) is 28.9 Å². The van der Waals surface area contributed by atoms with Crippen LogP contribution in [0, 0.1) is 17.2 Å². The number of amides is 2. The molecule has 0 bridgehead atoms. The minimum absolute atomic E-state index is 0.0368. The maximum absolute atomic E-state index is 15.6. The molecule has 11 nitrogen and oxygen atoms in total. The molecule has 1 saturated heterocycles. The number of halogens is 1. The van der Waals surface area contributed by atoms with E-state index in [9.17, 15) is 34.8 Å². The molecule has 2 amide bonds. The van der Waals surface area contributed by atoms with E-state index in [1.165, 1.54) is 0 Å². The molecule has 216 valence electrons. The first-order valence-electron chi connectivity index (χ1n) is 13.3. The molecule has 0 spiro atoms. The van der Waals surface area contributed by atoms with E-state index in [0.29, 0.717) is 6.42 Å². The molecule has 0 radical (unpaired) electrons. The number of carbonyl (C=O) groups excluding carboxylic acids is 3. The Hall–Kier alpha value is -3.48. The molecule has 1 saturated carbocycles. The topological polar surface area (TPSA) is 177 Å². The number of ketones is 1. The number of aliphatic hydroxyl groups excluding tert-OH is 2. The Morgan fingerprint density at radius 1 is 1.23 bits per heavy atom. The Morgan fingerprint density at radius 2 is 1.90 bits per heavy atom. The van der Waals surface area contributed by atoms with E-state index >= 15 is 4.39 Å². The quantitative estimate of drug-likeness (QED) is 0.298. The SMILES string of the molecule is CN(C)[C@@H]1C(O)=C(C(N)=O)C[C@@]2(O)C(=O)C3=C(O)c4c(O)c(NC(=O)[C@@H]5CCCN5C)cc(F)c4C[C@@]3(C)C[C@@H]12. The summed E-state index contributed by atoms with van der Waals surface area (Å²) in [7, 11) is 5.03. The number of likely N-dealkylation sites (tertiary alicyclic amines) is 1. The lowest BCUT2D eigenvalue weighted by Crippen LogP contribution is -2.64. The number of phenols is 1. The number of phenolic OH excluding ortho intramolecular Hbond substituents is 1. The number of anilines is 1. The summed E-state index contributed by atoms with van der Waals surface area (Å²) in [5, 5.41) is 47.8. The van der Waals surface area contributed by atoms with E-state index in [4.69, 9.17) is 5.73 Å². The van der Waals surface area contributed by atoms with Gasteiger partial charge in [-0.1, -0.05) is 6.92 Å². The maximum atomic E-state index is 15.6. The van der Waals surface area contributed by atoms with Crippen molar-refractivity contribution in [3.8, 4) is 5.75 Å². The van der Waals surface area contributed by atoms with Crippen LogP contribution < -0.4 is 11.1 Å². The second-order valence-electron chi connectivity index (χ2n) is 12.1. The Labute approximate surface area is 230 Å². The summed E-state index contributed by atoms with van der Waals surface area (Å²) in [6.07, 6.45) is 0.790. The molecule has 3 aliphatic carbocycles. The summed E-state index contributed by atoms with van der Waals surface area (Å²) in [5.41, 5.74) is 0.963. The lowest BCUT2D eigenvalue weighted by Gasteiger charge is -2.54. The molecule has 1 aliphatic heterocycles. The lowest BCUT2D eigenvalue weighted by atomic mass is 9.52. The van der Waals surface area contributed by atoms with Crippen LogP contribution in [0.4, 0.5) is 10.1 Å². The largest absolute Gasteiger partial charge is 0.510 e. The van der Waals surface area contributed by atoms with E-state index in [-0.39, 0.29) is 46.6 Å². The van der Waals surface area contributed by atoms with Gasteiger partial charge in [0.2, 0.25) is 11.8 Å². The highest BCUT2D eigenvalue weighted by molar-refractivity contribution is 6.11. The van der Waals surface area contributed by atoms with Crippen LogP contribution in [0.5, 0.6) is 5.75 Å². The van der Waals surface area contributed by atoms with Crippen LogP contribution in [-0.2, 0) is 20.8 Å².